The van der Waals surface area contributed by atoms with Gasteiger partial charge in [0.25, 0.3) is 0 Å². The number of aryl methyl sites for hydroxylation is 2. The second kappa shape index (κ2) is 5.84. The maximum Gasteiger partial charge on any atom is 0.245 e. The van der Waals surface area contributed by atoms with Crippen LogP contribution in [0.1, 0.15) is 38.3 Å². The highest BCUT2D eigenvalue weighted by Crippen LogP contribution is 2.38. The summed E-state index contributed by atoms with van der Waals surface area (Å²) in [5, 5.41) is 0. The molecular formula is C21H27N2+. The van der Waals surface area contributed by atoms with E-state index in [0.29, 0.717) is 6.04 Å². The van der Waals surface area contributed by atoms with Gasteiger partial charge in [0, 0.05) is 0 Å². The van der Waals surface area contributed by atoms with Crippen molar-refractivity contribution in [3.05, 3.63) is 59.7 Å². The van der Waals surface area contributed by atoms with Crippen molar-refractivity contribution in [1.29, 1.82) is 0 Å². The number of hydrogen-bond acceptors (Lipinski definition) is 1. The number of benzene rings is 2. The van der Waals surface area contributed by atoms with Crippen LogP contribution in [0.15, 0.2) is 48.5 Å². The monoisotopic (exact) mass is 307 g/mol. The van der Waals surface area contributed by atoms with E-state index in [1.807, 2.05) is 0 Å². The van der Waals surface area contributed by atoms with Gasteiger partial charge >= 0.3 is 0 Å². The third-order valence-electron chi connectivity index (χ3n) is 5.59. The molecule has 3 rings (SSSR count). The maximum atomic E-state index is 2.47. The molecule has 2 atom stereocenters. The molecule has 2 aromatic carbocycles. The Labute approximate surface area is 140 Å². The Balaban J connectivity index is 2.15. The average Bonchev–Trinajstić information content (AvgIpc) is 2.81. The molecule has 0 N–H and O–H groups in total. The molecule has 1 aliphatic heterocycles. The topological polar surface area (TPSA) is 6.25 Å². The van der Waals surface area contributed by atoms with Crippen molar-refractivity contribution in [3.63, 3.8) is 0 Å². The van der Waals surface area contributed by atoms with Crippen LogP contribution in [-0.4, -0.2) is 22.5 Å². The first-order chi connectivity index (χ1) is 11.0. The van der Waals surface area contributed by atoms with E-state index in [1.165, 1.54) is 22.5 Å². The summed E-state index contributed by atoms with van der Waals surface area (Å²) in [4.78, 5) is 2.47. The molecule has 2 nitrogen and oxygen atoms in total. The van der Waals surface area contributed by atoms with Crippen LogP contribution in [0.2, 0.25) is 0 Å². The Morgan fingerprint density at radius 3 is 2.22 bits per heavy atom. The molecule has 23 heavy (non-hydrogen) atoms. The van der Waals surface area contributed by atoms with E-state index in [9.17, 15) is 0 Å². The fourth-order valence-corrected chi connectivity index (χ4v) is 3.62. The van der Waals surface area contributed by atoms with Crippen LogP contribution in [0.5, 0.6) is 0 Å². The Morgan fingerprint density at radius 2 is 1.61 bits per heavy atom. The van der Waals surface area contributed by atoms with Gasteiger partial charge in [-0.15, -0.1) is 0 Å². The maximum absolute atomic E-state index is 2.47. The lowest BCUT2D eigenvalue weighted by Crippen LogP contribution is -2.49. The molecule has 1 aliphatic rings. The normalized spacial score (nSPS) is 24.0. The number of para-hydroxylation sites is 2. The molecule has 0 unspecified atom stereocenters. The zero-order valence-electron chi connectivity index (χ0n) is 14.9. The number of anilines is 1. The van der Waals surface area contributed by atoms with Gasteiger partial charge < -0.3 is 0 Å². The lowest BCUT2D eigenvalue weighted by molar-refractivity contribution is -0.475. The minimum atomic E-state index is 0.0778. The van der Waals surface area contributed by atoms with Gasteiger partial charge in [0.15, 0.2) is 0 Å². The van der Waals surface area contributed by atoms with Gasteiger partial charge in [0.05, 0.1) is 0 Å². The minimum Gasteiger partial charge on any atom is -0.226 e. The van der Waals surface area contributed by atoms with E-state index in [4.69, 9.17) is 0 Å². The molecule has 0 radical (unpaired) electrons. The van der Waals surface area contributed by atoms with Crippen LogP contribution in [0.25, 0.3) is 0 Å². The van der Waals surface area contributed by atoms with Crippen molar-refractivity contribution < 1.29 is 4.58 Å². The molecule has 0 saturated heterocycles. The second-order valence-corrected chi connectivity index (χ2v) is 6.85. The fraction of sp³-hybridized carbons (Fsp3) is 0.381. The lowest BCUT2D eigenvalue weighted by Gasteiger charge is -2.31. The van der Waals surface area contributed by atoms with E-state index >= 15 is 0 Å². The summed E-state index contributed by atoms with van der Waals surface area (Å²) in [6.45, 7) is 11.4. The molecule has 0 spiro atoms. The third kappa shape index (κ3) is 2.46. The number of nitrogens with zero attached hydrogens (tertiary/aromatic N) is 2. The quantitative estimate of drug-likeness (QED) is 0.719. The Morgan fingerprint density at radius 1 is 1.00 bits per heavy atom. The van der Waals surface area contributed by atoms with Crippen molar-refractivity contribution >= 4 is 17.7 Å². The van der Waals surface area contributed by atoms with Crippen molar-refractivity contribution in [1.82, 2.24) is 0 Å². The highest BCUT2D eigenvalue weighted by molar-refractivity contribution is 5.82. The van der Waals surface area contributed by atoms with Gasteiger partial charge in [0.1, 0.15) is 23.0 Å². The van der Waals surface area contributed by atoms with E-state index < -0.39 is 0 Å². The summed E-state index contributed by atoms with van der Waals surface area (Å²) in [6, 6.07) is 17.7. The zero-order chi connectivity index (χ0) is 16.6. The van der Waals surface area contributed by atoms with Crippen LogP contribution in [0, 0.1) is 13.8 Å². The van der Waals surface area contributed by atoms with Crippen molar-refractivity contribution in [2.45, 2.75) is 52.6 Å². The molecule has 0 aromatic heterocycles. The van der Waals surface area contributed by atoms with Crippen LogP contribution >= 0.6 is 0 Å². The molecule has 0 bridgehead atoms. The SMILES string of the molecule is CC[C@@]1(C)[C@H](C)[N+](c2ccccc2C)=CN1c1ccccc1C. The largest absolute Gasteiger partial charge is 0.245 e. The summed E-state index contributed by atoms with van der Waals surface area (Å²) < 4.78 is 2.44. The molecule has 0 saturated carbocycles. The highest BCUT2D eigenvalue weighted by atomic mass is 15.3. The molecule has 120 valence electrons. The number of rotatable bonds is 3. The summed E-state index contributed by atoms with van der Waals surface area (Å²) in [5.74, 6) is 0. The molecule has 0 fully saturated rings. The summed E-state index contributed by atoms with van der Waals surface area (Å²) in [7, 11) is 0. The highest BCUT2D eigenvalue weighted by Gasteiger charge is 2.50. The van der Waals surface area contributed by atoms with Gasteiger partial charge in [-0.2, -0.15) is 0 Å². The Hall–Kier alpha value is -2.09. The first-order valence-electron chi connectivity index (χ1n) is 8.53. The van der Waals surface area contributed by atoms with E-state index in [0.717, 1.165) is 6.42 Å². The van der Waals surface area contributed by atoms with Gasteiger partial charge in [-0.25, -0.2) is 9.48 Å². The van der Waals surface area contributed by atoms with Crippen LogP contribution in [-0.2, 0) is 0 Å². The first kappa shape index (κ1) is 15.8. The summed E-state index contributed by atoms with van der Waals surface area (Å²) in [6.07, 6.45) is 3.40. The van der Waals surface area contributed by atoms with Crippen LogP contribution in [0.4, 0.5) is 11.4 Å². The van der Waals surface area contributed by atoms with Crippen LogP contribution < -0.4 is 4.90 Å². The average molecular weight is 307 g/mol. The molecular weight excluding hydrogens is 280 g/mol. The standard InChI is InChI=1S/C21H27N2/c1-6-21(5)18(4)22(19-13-9-7-11-16(19)2)15-23(21)20-14-10-8-12-17(20)3/h7-15,18H,6H2,1-5H3/q+1/t18-,21-/m0/s1. The minimum absolute atomic E-state index is 0.0778. The van der Waals surface area contributed by atoms with E-state index in [2.05, 4.69) is 99.0 Å². The Kier molecular flexibility index (Phi) is 4.01. The van der Waals surface area contributed by atoms with Gasteiger partial charge in [-0.05, 0) is 57.4 Å². The van der Waals surface area contributed by atoms with Gasteiger partial charge in [-0.1, -0.05) is 43.3 Å². The lowest BCUT2D eigenvalue weighted by atomic mass is 9.88. The van der Waals surface area contributed by atoms with Crippen molar-refractivity contribution in [3.8, 4) is 0 Å². The fourth-order valence-electron chi connectivity index (χ4n) is 3.62. The number of hydrogen-bond donors (Lipinski definition) is 0. The Bertz CT molecular complexity index is 747. The predicted molar refractivity (Wildman–Crippen MR) is 99.0 cm³/mol. The molecule has 2 heteroatoms. The molecule has 0 aliphatic carbocycles. The van der Waals surface area contributed by atoms with Crippen LogP contribution in [0.3, 0.4) is 0 Å². The zero-order valence-corrected chi connectivity index (χ0v) is 14.9. The first-order valence-corrected chi connectivity index (χ1v) is 8.53. The van der Waals surface area contributed by atoms with E-state index in [1.54, 1.807) is 0 Å². The van der Waals surface area contributed by atoms with E-state index in [-0.39, 0.29) is 5.54 Å². The van der Waals surface area contributed by atoms with Crippen molar-refractivity contribution in [2.75, 3.05) is 4.90 Å². The summed E-state index contributed by atoms with van der Waals surface area (Å²) >= 11 is 0. The molecule has 2 aromatic rings. The molecule has 0 amide bonds. The molecule has 1 heterocycles. The third-order valence-corrected chi connectivity index (χ3v) is 5.59. The van der Waals surface area contributed by atoms with Gasteiger partial charge in [-0.3, -0.25) is 0 Å². The van der Waals surface area contributed by atoms with Gasteiger partial charge in [0.2, 0.25) is 6.34 Å². The predicted octanol–water partition coefficient (Wildman–Crippen LogP) is 5.05. The summed E-state index contributed by atoms with van der Waals surface area (Å²) in [5.41, 5.74) is 5.33. The van der Waals surface area contributed by atoms with Crippen molar-refractivity contribution in [2.24, 2.45) is 0 Å². The second-order valence-electron chi connectivity index (χ2n) is 6.85. The smallest absolute Gasteiger partial charge is 0.226 e.